The topological polar surface area (TPSA) is 62.9 Å². The number of piperidine rings is 1. The third-order valence-electron chi connectivity index (χ3n) is 3.97. The number of guanidine groups is 1. The Morgan fingerprint density at radius 2 is 1.90 bits per heavy atom. The van der Waals surface area contributed by atoms with Gasteiger partial charge >= 0.3 is 0 Å². The van der Waals surface area contributed by atoms with E-state index in [9.17, 15) is 0 Å². The van der Waals surface area contributed by atoms with E-state index in [1.807, 2.05) is 0 Å². The Kier molecular flexibility index (Phi) is 9.80. The van der Waals surface area contributed by atoms with E-state index in [-0.39, 0.29) is 29.5 Å². The van der Waals surface area contributed by atoms with Gasteiger partial charge in [0.15, 0.2) is 5.96 Å². The fourth-order valence-electron chi connectivity index (χ4n) is 2.87. The zero-order chi connectivity index (χ0) is 15.2. The second-order valence-corrected chi connectivity index (χ2v) is 6.78. The number of ether oxygens (including phenoxy) is 1. The highest BCUT2D eigenvalue weighted by Gasteiger charge is 2.32. The number of methoxy groups -OCH3 is 1. The van der Waals surface area contributed by atoms with Crippen molar-refractivity contribution < 1.29 is 4.74 Å². The number of nitrogens with one attached hydrogen (secondary N) is 1. The van der Waals surface area contributed by atoms with Gasteiger partial charge in [0.2, 0.25) is 0 Å². The third-order valence-corrected chi connectivity index (χ3v) is 3.97. The quantitative estimate of drug-likeness (QED) is 0.303. The van der Waals surface area contributed by atoms with Crippen LogP contribution in [-0.2, 0) is 4.74 Å². The fourth-order valence-corrected chi connectivity index (χ4v) is 2.87. The highest BCUT2D eigenvalue weighted by atomic mass is 127. The second-order valence-electron chi connectivity index (χ2n) is 6.78. The van der Waals surface area contributed by atoms with Crippen LogP contribution in [0.2, 0.25) is 0 Å². The minimum atomic E-state index is 0. The molecule has 0 aromatic rings. The van der Waals surface area contributed by atoms with E-state index in [4.69, 9.17) is 10.5 Å². The van der Waals surface area contributed by atoms with Crippen LogP contribution in [0.25, 0.3) is 0 Å². The molecule has 0 aromatic carbocycles. The van der Waals surface area contributed by atoms with E-state index >= 15 is 0 Å². The van der Waals surface area contributed by atoms with E-state index in [0.717, 1.165) is 31.5 Å². The fraction of sp³-hybridized carbons (Fsp3) is 0.933. The van der Waals surface area contributed by atoms with Crippen LogP contribution in [0.3, 0.4) is 0 Å². The average Bonchev–Trinajstić information content (AvgIpc) is 2.36. The second kappa shape index (κ2) is 9.84. The Bertz CT molecular complexity index is 313. The molecule has 0 amide bonds. The van der Waals surface area contributed by atoms with Crippen molar-refractivity contribution in [3.63, 3.8) is 0 Å². The van der Waals surface area contributed by atoms with Gasteiger partial charge < -0.3 is 15.8 Å². The summed E-state index contributed by atoms with van der Waals surface area (Å²) in [5.74, 6) is 2.03. The van der Waals surface area contributed by atoms with Crippen molar-refractivity contribution in [2.75, 3.05) is 39.9 Å². The van der Waals surface area contributed by atoms with Crippen LogP contribution in [0, 0.1) is 11.8 Å². The first-order chi connectivity index (χ1) is 9.35. The average molecular weight is 412 g/mol. The highest BCUT2D eigenvalue weighted by molar-refractivity contribution is 14.0. The zero-order valence-electron chi connectivity index (χ0n) is 14.2. The largest absolute Gasteiger partial charge is 0.383 e. The molecule has 0 aromatic heterocycles. The molecular weight excluding hydrogens is 379 g/mol. The summed E-state index contributed by atoms with van der Waals surface area (Å²) in [6.45, 7) is 13.6. The molecule has 3 N–H and O–H groups in total. The van der Waals surface area contributed by atoms with Gasteiger partial charge in [-0.3, -0.25) is 9.89 Å². The van der Waals surface area contributed by atoms with Crippen molar-refractivity contribution in [3.8, 4) is 0 Å². The molecule has 2 atom stereocenters. The number of hydrogen-bond acceptors (Lipinski definition) is 3. The smallest absolute Gasteiger partial charge is 0.188 e. The Labute approximate surface area is 147 Å². The monoisotopic (exact) mass is 412 g/mol. The molecule has 1 fully saturated rings. The Morgan fingerprint density at radius 1 is 1.33 bits per heavy atom. The molecule has 2 unspecified atom stereocenters. The maximum Gasteiger partial charge on any atom is 0.188 e. The van der Waals surface area contributed by atoms with Crippen molar-refractivity contribution in [3.05, 3.63) is 0 Å². The third kappa shape index (κ3) is 7.65. The van der Waals surface area contributed by atoms with E-state index in [1.165, 1.54) is 6.42 Å². The number of nitrogens with two attached hydrogens (primary N) is 1. The van der Waals surface area contributed by atoms with Crippen molar-refractivity contribution in [2.45, 2.75) is 39.7 Å². The number of aliphatic imine (C=N–C) groups is 1. The number of likely N-dealkylation sites (tertiary alicyclic amines) is 1. The molecule has 0 radical (unpaired) electrons. The molecular formula is C15H33IN4O. The summed E-state index contributed by atoms with van der Waals surface area (Å²) in [5.41, 5.74) is 5.92. The maximum atomic E-state index is 5.87. The predicted octanol–water partition coefficient (Wildman–Crippen LogP) is 1.91. The summed E-state index contributed by atoms with van der Waals surface area (Å²) in [7, 11) is 1.68. The van der Waals surface area contributed by atoms with E-state index < -0.39 is 0 Å². The van der Waals surface area contributed by atoms with Crippen molar-refractivity contribution in [1.29, 1.82) is 0 Å². The molecule has 0 saturated carbocycles. The minimum absolute atomic E-state index is 0. The lowest BCUT2D eigenvalue weighted by Crippen LogP contribution is -2.53. The molecule has 5 nitrogen and oxygen atoms in total. The molecule has 0 bridgehead atoms. The Balaban J connectivity index is 0.00000400. The Morgan fingerprint density at radius 3 is 2.43 bits per heavy atom. The van der Waals surface area contributed by atoms with Crippen molar-refractivity contribution >= 4 is 29.9 Å². The molecule has 1 saturated heterocycles. The zero-order valence-corrected chi connectivity index (χ0v) is 16.5. The number of rotatable bonds is 6. The summed E-state index contributed by atoms with van der Waals surface area (Å²) in [4.78, 5) is 7.03. The van der Waals surface area contributed by atoms with Crippen LogP contribution >= 0.6 is 24.0 Å². The van der Waals surface area contributed by atoms with Crippen LogP contribution in [-0.4, -0.2) is 56.3 Å². The molecule has 6 heteroatoms. The van der Waals surface area contributed by atoms with E-state index in [2.05, 4.69) is 42.9 Å². The van der Waals surface area contributed by atoms with Gasteiger partial charge in [0.05, 0.1) is 13.2 Å². The predicted molar refractivity (Wildman–Crippen MR) is 100 cm³/mol. The summed E-state index contributed by atoms with van der Waals surface area (Å²) in [6.07, 6.45) is 1.33. The normalized spacial score (nSPS) is 24.5. The van der Waals surface area contributed by atoms with Crippen LogP contribution in [0.15, 0.2) is 4.99 Å². The summed E-state index contributed by atoms with van der Waals surface area (Å²) in [6, 6.07) is 0. The first kappa shape index (κ1) is 20.9. The molecule has 1 aliphatic rings. The van der Waals surface area contributed by atoms with Gasteiger partial charge in [0.25, 0.3) is 0 Å². The molecule has 1 heterocycles. The standard InChI is InChI=1S/C15H32N4O.HI/c1-12-8-13(2)10-19(9-12)15(3,4)11-18-14(16)17-6-7-20-5;/h12-13H,6-11H2,1-5H3,(H3,16,17,18);1H. The number of halogens is 1. The van der Waals surface area contributed by atoms with E-state index in [0.29, 0.717) is 19.1 Å². The van der Waals surface area contributed by atoms with Gasteiger partial charge in [0, 0.05) is 32.3 Å². The number of hydrogen-bond donors (Lipinski definition) is 2. The van der Waals surface area contributed by atoms with Gasteiger partial charge in [-0.25, -0.2) is 0 Å². The molecule has 0 aliphatic carbocycles. The summed E-state index contributed by atoms with van der Waals surface area (Å²) >= 11 is 0. The molecule has 21 heavy (non-hydrogen) atoms. The summed E-state index contributed by atoms with van der Waals surface area (Å²) < 4.78 is 4.98. The van der Waals surface area contributed by atoms with Crippen LogP contribution in [0.1, 0.15) is 34.1 Å². The van der Waals surface area contributed by atoms with Gasteiger partial charge in [-0.2, -0.15) is 0 Å². The molecule has 1 rings (SSSR count). The lowest BCUT2D eigenvalue weighted by molar-refractivity contribution is 0.0513. The first-order valence-electron chi connectivity index (χ1n) is 7.63. The van der Waals surface area contributed by atoms with Gasteiger partial charge in [-0.15, -0.1) is 24.0 Å². The lowest BCUT2D eigenvalue weighted by atomic mass is 9.88. The van der Waals surface area contributed by atoms with Crippen LogP contribution in [0.5, 0.6) is 0 Å². The SMILES string of the molecule is COCCNC(N)=NCC(C)(C)N1CC(C)CC(C)C1.I. The first-order valence-corrected chi connectivity index (χ1v) is 7.63. The van der Waals surface area contributed by atoms with Gasteiger partial charge in [0.1, 0.15) is 0 Å². The molecule has 1 aliphatic heterocycles. The summed E-state index contributed by atoms with van der Waals surface area (Å²) in [5, 5.41) is 3.06. The van der Waals surface area contributed by atoms with Gasteiger partial charge in [-0.05, 0) is 32.1 Å². The minimum Gasteiger partial charge on any atom is -0.383 e. The van der Waals surface area contributed by atoms with Crippen molar-refractivity contribution in [1.82, 2.24) is 10.2 Å². The molecule has 0 spiro atoms. The van der Waals surface area contributed by atoms with Crippen LogP contribution < -0.4 is 11.1 Å². The number of nitrogens with zero attached hydrogens (tertiary/aromatic N) is 2. The molecule has 126 valence electrons. The van der Waals surface area contributed by atoms with Gasteiger partial charge in [-0.1, -0.05) is 13.8 Å². The van der Waals surface area contributed by atoms with Crippen LogP contribution in [0.4, 0.5) is 0 Å². The van der Waals surface area contributed by atoms with Crippen molar-refractivity contribution in [2.24, 2.45) is 22.6 Å². The maximum absolute atomic E-state index is 5.87. The Hall–Kier alpha value is -0.0800. The van der Waals surface area contributed by atoms with E-state index in [1.54, 1.807) is 7.11 Å². The highest BCUT2D eigenvalue weighted by Crippen LogP contribution is 2.27. The lowest BCUT2D eigenvalue weighted by Gasteiger charge is -2.44.